The van der Waals surface area contributed by atoms with Crippen LogP contribution in [0.2, 0.25) is 0 Å². The second-order valence-corrected chi connectivity index (χ2v) is 4.27. The number of esters is 1. The highest BCUT2D eigenvalue weighted by Gasteiger charge is 2.11. The minimum absolute atomic E-state index is 0.0257. The van der Waals surface area contributed by atoms with E-state index in [1.807, 2.05) is 45.0 Å². The first-order chi connectivity index (χ1) is 9.58. The molecular weight excluding hydrogens is 256 g/mol. The number of hydrogen-bond donors (Lipinski definition) is 0. The third-order valence-corrected chi connectivity index (χ3v) is 2.60. The van der Waals surface area contributed by atoms with Crippen molar-refractivity contribution in [1.29, 1.82) is 0 Å². The average molecular weight is 280 g/mol. The van der Waals surface area contributed by atoms with E-state index in [9.17, 15) is 9.59 Å². The van der Waals surface area contributed by atoms with E-state index < -0.39 is 0 Å². The Morgan fingerprint density at radius 1 is 1.30 bits per heavy atom. The van der Waals surface area contributed by atoms with Gasteiger partial charge in [0.05, 0.1) is 19.6 Å². The van der Waals surface area contributed by atoms with E-state index >= 15 is 0 Å². The van der Waals surface area contributed by atoms with E-state index in [1.54, 1.807) is 7.11 Å². The number of benzene rings is 1. The maximum absolute atomic E-state index is 11.6. The monoisotopic (exact) mass is 280 g/mol. The van der Waals surface area contributed by atoms with Crippen LogP contribution in [0.4, 0.5) is 0 Å². The summed E-state index contributed by atoms with van der Waals surface area (Å²) in [5.41, 5.74) is 0.860. The molecule has 4 nitrogen and oxygen atoms in total. The van der Waals surface area contributed by atoms with Gasteiger partial charge in [0.1, 0.15) is 12.0 Å². The Kier molecular flexibility index (Phi) is 10.0. The normalized spacial score (nSPS) is 10.8. The standard InChI is InChI=1S/C13H18O3.C3H6O/c1-4-10(2)16-13(14)9-11-7-5-6-8-12(11)15-3;1-2-3-4/h5-8,10H,4,9H2,1-3H3;3H,2H2,1H3. The Balaban J connectivity index is 0.000000796. The van der Waals surface area contributed by atoms with Crippen molar-refractivity contribution in [2.24, 2.45) is 0 Å². The summed E-state index contributed by atoms with van der Waals surface area (Å²) >= 11 is 0. The maximum atomic E-state index is 11.6. The molecule has 0 saturated heterocycles. The molecule has 20 heavy (non-hydrogen) atoms. The fourth-order valence-electron chi connectivity index (χ4n) is 1.35. The largest absolute Gasteiger partial charge is 0.496 e. The van der Waals surface area contributed by atoms with Crippen LogP contribution in [0.25, 0.3) is 0 Å². The van der Waals surface area contributed by atoms with Crippen LogP contribution in [0.1, 0.15) is 39.2 Å². The maximum Gasteiger partial charge on any atom is 0.310 e. The summed E-state index contributed by atoms with van der Waals surface area (Å²) < 4.78 is 10.4. The van der Waals surface area contributed by atoms with Gasteiger partial charge in [0.15, 0.2) is 0 Å². The van der Waals surface area contributed by atoms with Gasteiger partial charge in [-0.15, -0.1) is 0 Å². The van der Waals surface area contributed by atoms with Crippen molar-refractivity contribution in [1.82, 2.24) is 0 Å². The minimum Gasteiger partial charge on any atom is -0.496 e. The van der Waals surface area contributed by atoms with Crippen molar-refractivity contribution in [3.8, 4) is 5.75 Å². The molecule has 1 aromatic rings. The molecule has 112 valence electrons. The van der Waals surface area contributed by atoms with Crippen LogP contribution >= 0.6 is 0 Å². The van der Waals surface area contributed by atoms with Gasteiger partial charge in [-0.2, -0.15) is 0 Å². The predicted octanol–water partition coefficient (Wildman–Crippen LogP) is 3.17. The first-order valence-corrected chi connectivity index (χ1v) is 6.83. The SMILES string of the molecule is CCC(C)OC(=O)Cc1ccccc1OC.CCC=O. The molecule has 0 saturated carbocycles. The summed E-state index contributed by atoms with van der Waals surface area (Å²) in [5, 5.41) is 0. The van der Waals surface area contributed by atoms with Crippen molar-refractivity contribution in [3.63, 3.8) is 0 Å². The van der Waals surface area contributed by atoms with Gasteiger partial charge in [0.25, 0.3) is 0 Å². The first-order valence-electron chi connectivity index (χ1n) is 6.83. The topological polar surface area (TPSA) is 52.6 Å². The molecule has 0 N–H and O–H groups in total. The summed E-state index contributed by atoms with van der Waals surface area (Å²) in [5.74, 6) is 0.516. The van der Waals surface area contributed by atoms with Gasteiger partial charge in [-0.3, -0.25) is 4.79 Å². The molecule has 1 rings (SSSR count). The van der Waals surface area contributed by atoms with E-state index in [0.29, 0.717) is 6.42 Å². The molecule has 0 amide bonds. The summed E-state index contributed by atoms with van der Waals surface area (Å²) in [6, 6.07) is 7.47. The molecule has 0 aliphatic carbocycles. The van der Waals surface area contributed by atoms with Crippen molar-refractivity contribution < 1.29 is 19.1 Å². The first kappa shape index (κ1) is 18.2. The van der Waals surface area contributed by atoms with Crippen LogP contribution in [0.3, 0.4) is 0 Å². The van der Waals surface area contributed by atoms with Crippen LogP contribution in [0.5, 0.6) is 5.75 Å². The lowest BCUT2D eigenvalue weighted by molar-refractivity contribution is -0.147. The average Bonchev–Trinajstić information content (AvgIpc) is 2.47. The summed E-state index contributed by atoms with van der Waals surface area (Å²) in [6.45, 7) is 5.69. The zero-order chi connectivity index (χ0) is 15.4. The quantitative estimate of drug-likeness (QED) is 0.593. The Labute approximate surface area is 121 Å². The van der Waals surface area contributed by atoms with Crippen LogP contribution in [0.15, 0.2) is 24.3 Å². The van der Waals surface area contributed by atoms with E-state index in [-0.39, 0.29) is 18.5 Å². The lowest BCUT2D eigenvalue weighted by Crippen LogP contribution is -2.16. The number of rotatable bonds is 6. The molecule has 0 aromatic heterocycles. The molecular formula is C16H24O4. The van der Waals surface area contributed by atoms with Crippen LogP contribution in [-0.2, 0) is 20.7 Å². The summed E-state index contributed by atoms with van der Waals surface area (Å²) in [6.07, 6.45) is 2.58. The number of hydrogen-bond acceptors (Lipinski definition) is 4. The second-order valence-electron chi connectivity index (χ2n) is 4.27. The smallest absolute Gasteiger partial charge is 0.310 e. The third-order valence-electron chi connectivity index (χ3n) is 2.60. The van der Waals surface area contributed by atoms with Crippen molar-refractivity contribution in [3.05, 3.63) is 29.8 Å². The molecule has 0 fully saturated rings. The predicted molar refractivity (Wildman–Crippen MR) is 78.9 cm³/mol. The lowest BCUT2D eigenvalue weighted by atomic mass is 10.1. The molecule has 0 aliphatic heterocycles. The Hall–Kier alpha value is -1.84. The Bertz CT molecular complexity index is 401. The van der Waals surface area contributed by atoms with E-state index in [4.69, 9.17) is 9.47 Å². The molecule has 4 heteroatoms. The summed E-state index contributed by atoms with van der Waals surface area (Å²) in [7, 11) is 1.60. The zero-order valence-corrected chi connectivity index (χ0v) is 12.7. The molecule has 0 radical (unpaired) electrons. The fraction of sp³-hybridized carbons (Fsp3) is 0.500. The number of ether oxygens (including phenoxy) is 2. The number of aldehydes is 1. The van der Waals surface area contributed by atoms with Gasteiger partial charge in [-0.05, 0) is 19.4 Å². The van der Waals surface area contributed by atoms with Crippen LogP contribution in [-0.4, -0.2) is 25.5 Å². The van der Waals surface area contributed by atoms with Crippen LogP contribution < -0.4 is 4.74 Å². The molecule has 0 spiro atoms. The van der Waals surface area contributed by atoms with E-state index in [0.717, 1.165) is 24.0 Å². The molecule has 0 bridgehead atoms. The molecule has 0 heterocycles. The Morgan fingerprint density at radius 3 is 2.40 bits per heavy atom. The fourth-order valence-corrected chi connectivity index (χ4v) is 1.35. The van der Waals surface area contributed by atoms with Crippen molar-refractivity contribution >= 4 is 12.3 Å². The highest BCUT2D eigenvalue weighted by atomic mass is 16.5. The van der Waals surface area contributed by atoms with Crippen molar-refractivity contribution in [2.45, 2.75) is 46.1 Å². The number of carbonyl (C=O) groups is 2. The summed E-state index contributed by atoms with van der Waals surface area (Å²) in [4.78, 5) is 20.7. The molecule has 1 atom stereocenters. The lowest BCUT2D eigenvalue weighted by Gasteiger charge is -2.12. The van der Waals surface area contributed by atoms with Crippen LogP contribution in [0, 0.1) is 0 Å². The van der Waals surface area contributed by atoms with Crippen molar-refractivity contribution in [2.75, 3.05) is 7.11 Å². The van der Waals surface area contributed by atoms with Gasteiger partial charge in [-0.25, -0.2) is 0 Å². The highest BCUT2D eigenvalue weighted by molar-refractivity contribution is 5.73. The third kappa shape index (κ3) is 7.56. The van der Waals surface area contributed by atoms with E-state index in [1.165, 1.54) is 0 Å². The van der Waals surface area contributed by atoms with Gasteiger partial charge < -0.3 is 14.3 Å². The van der Waals surface area contributed by atoms with Gasteiger partial charge >= 0.3 is 5.97 Å². The van der Waals surface area contributed by atoms with Gasteiger partial charge in [0, 0.05) is 12.0 Å². The second kappa shape index (κ2) is 11.0. The molecule has 0 aliphatic rings. The zero-order valence-electron chi connectivity index (χ0n) is 12.7. The Morgan fingerprint density at radius 2 is 1.90 bits per heavy atom. The number of methoxy groups -OCH3 is 1. The number of carbonyl (C=O) groups excluding carboxylic acids is 2. The van der Waals surface area contributed by atoms with E-state index in [2.05, 4.69) is 0 Å². The van der Waals surface area contributed by atoms with Gasteiger partial charge in [0.2, 0.25) is 0 Å². The van der Waals surface area contributed by atoms with Gasteiger partial charge in [-0.1, -0.05) is 32.0 Å². The molecule has 1 aromatic carbocycles. The molecule has 1 unspecified atom stereocenters. The number of para-hydroxylation sites is 1. The minimum atomic E-state index is -0.209. The highest BCUT2D eigenvalue weighted by Crippen LogP contribution is 2.18.